The maximum Gasteiger partial charge on any atom is 0.138 e. The summed E-state index contributed by atoms with van der Waals surface area (Å²) in [6.45, 7) is 3.30. The highest BCUT2D eigenvalue weighted by molar-refractivity contribution is 5.38. The Kier molecular flexibility index (Phi) is 4.40. The van der Waals surface area contributed by atoms with Crippen LogP contribution in [0.5, 0.6) is 5.75 Å². The Balaban J connectivity index is 1.61. The Bertz CT molecular complexity index is 641. The molecule has 1 aromatic heterocycles. The largest absolute Gasteiger partial charge is 0.496 e. The van der Waals surface area contributed by atoms with Gasteiger partial charge >= 0.3 is 0 Å². The molecule has 1 aromatic carbocycles. The molecule has 0 fully saturated rings. The Morgan fingerprint density at radius 1 is 1.50 bits per heavy atom. The number of hydrogen-bond donors (Lipinski definition) is 2. The number of aliphatic hydroxyl groups is 1. The lowest BCUT2D eigenvalue weighted by Gasteiger charge is -2.25. The van der Waals surface area contributed by atoms with Gasteiger partial charge in [-0.3, -0.25) is 0 Å². The van der Waals surface area contributed by atoms with Gasteiger partial charge in [0.1, 0.15) is 17.9 Å². The number of nitrogens with one attached hydrogen (secondary N) is 1. The standard InChI is InChI=1S/C16H22N4O2/c1-11-3-5-15(22-2)13(7-11)14(21)8-17-12-4-6-16-18-10-19-20(16)9-12/h3,5,7,10,12,14,17,21H,4,6,8-9H2,1-2H3/t12-,14+/m0/s1. The number of aromatic nitrogens is 3. The number of nitrogens with zero attached hydrogens (tertiary/aromatic N) is 3. The number of benzene rings is 1. The molecule has 6 heteroatoms. The SMILES string of the molecule is COc1ccc(C)cc1[C@H](O)CN[C@H]1CCc2ncnn2C1. The van der Waals surface area contributed by atoms with E-state index in [0.717, 1.165) is 42.1 Å². The predicted molar refractivity (Wildman–Crippen MR) is 82.8 cm³/mol. The molecule has 0 aliphatic carbocycles. The van der Waals surface area contributed by atoms with E-state index >= 15 is 0 Å². The van der Waals surface area contributed by atoms with Crippen LogP contribution in [0.15, 0.2) is 24.5 Å². The monoisotopic (exact) mass is 302 g/mol. The molecule has 1 aliphatic rings. The zero-order valence-electron chi connectivity index (χ0n) is 13.0. The number of methoxy groups -OCH3 is 1. The van der Waals surface area contributed by atoms with E-state index in [0.29, 0.717) is 12.6 Å². The van der Waals surface area contributed by atoms with Crippen molar-refractivity contribution >= 4 is 0 Å². The molecule has 6 nitrogen and oxygen atoms in total. The molecule has 0 saturated heterocycles. The van der Waals surface area contributed by atoms with Gasteiger partial charge in [0, 0.05) is 24.6 Å². The Morgan fingerprint density at radius 2 is 2.36 bits per heavy atom. The molecule has 22 heavy (non-hydrogen) atoms. The highest BCUT2D eigenvalue weighted by Crippen LogP contribution is 2.26. The number of rotatable bonds is 5. The number of ether oxygens (including phenoxy) is 1. The fourth-order valence-electron chi connectivity index (χ4n) is 2.91. The van der Waals surface area contributed by atoms with Crippen molar-refractivity contribution in [1.29, 1.82) is 0 Å². The summed E-state index contributed by atoms with van der Waals surface area (Å²) < 4.78 is 7.27. The fraction of sp³-hybridized carbons (Fsp3) is 0.500. The van der Waals surface area contributed by atoms with Gasteiger partial charge in [0.25, 0.3) is 0 Å². The summed E-state index contributed by atoms with van der Waals surface area (Å²) in [5.41, 5.74) is 1.94. The smallest absolute Gasteiger partial charge is 0.138 e. The van der Waals surface area contributed by atoms with Gasteiger partial charge in [-0.25, -0.2) is 9.67 Å². The molecule has 2 aromatic rings. The highest BCUT2D eigenvalue weighted by atomic mass is 16.5. The second-order valence-electron chi connectivity index (χ2n) is 5.76. The lowest BCUT2D eigenvalue weighted by Crippen LogP contribution is -2.39. The van der Waals surface area contributed by atoms with Gasteiger partial charge in [0.15, 0.2) is 0 Å². The van der Waals surface area contributed by atoms with Gasteiger partial charge in [-0.05, 0) is 25.5 Å². The van der Waals surface area contributed by atoms with Crippen molar-refractivity contribution in [3.63, 3.8) is 0 Å². The van der Waals surface area contributed by atoms with Crippen LogP contribution in [0, 0.1) is 6.92 Å². The Hall–Kier alpha value is -1.92. The molecule has 0 radical (unpaired) electrons. The molecule has 3 rings (SSSR count). The van der Waals surface area contributed by atoms with Gasteiger partial charge in [0.05, 0.1) is 19.8 Å². The minimum atomic E-state index is -0.591. The van der Waals surface area contributed by atoms with E-state index in [4.69, 9.17) is 4.74 Å². The normalized spacial score (nSPS) is 18.8. The van der Waals surface area contributed by atoms with Gasteiger partial charge < -0.3 is 15.2 Å². The van der Waals surface area contributed by atoms with E-state index in [1.54, 1.807) is 13.4 Å². The van der Waals surface area contributed by atoms with E-state index in [1.165, 1.54) is 0 Å². The quantitative estimate of drug-likeness (QED) is 0.869. The van der Waals surface area contributed by atoms with Crippen molar-refractivity contribution in [2.75, 3.05) is 13.7 Å². The van der Waals surface area contributed by atoms with E-state index in [2.05, 4.69) is 15.4 Å². The van der Waals surface area contributed by atoms with Crippen LogP contribution in [-0.4, -0.2) is 39.6 Å². The molecule has 0 amide bonds. The Morgan fingerprint density at radius 3 is 3.18 bits per heavy atom. The molecule has 1 aliphatic heterocycles. The van der Waals surface area contributed by atoms with Crippen LogP contribution in [0.4, 0.5) is 0 Å². The maximum absolute atomic E-state index is 10.5. The van der Waals surface area contributed by atoms with Crippen LogP contribution >= 0.6 is 0 Å². The van der Waals surface area contributed by atoms with Crippen molar-refractivity contribution in [3.05, 3.63) is 41.5 Å². The molecule has 0 unspecified atom stereocenters. The number of aryl methyl sites for hydroxylation is 2. The lowest BCUT2D eigenvalue weighted by atomic mass is 10.0. The third kappa shape index (κ3) is 3.13. The summed E-state index contributed by atoms with van der Waals surface area (Å²) in [6, 6.07) is 6.16. The zero-order chi connectivity index (χ0) is 15.5. The van der Waals surface area contributed by atoms with Gasteiger partial charge in [-0.2, -0.15) is 5.10 Å². The summed E-state index contributed by atoms with van der Waals surface area (Å²) in [5, 5.41) is 18.1. The molecule has 0 saturated carbocycles. The molecule has 118 valence electrons. The minimum Gasteiger partial charge on any atom is -0.496 e. The third-order valence-corrected chi connectivity index (χ3v) is 4.15. The van der Waals surface area contributed by atoms with Crippen LogP contribution in [0.3, 0.4) is 0 Å². The number of hydrogen-bond acceptors (Lipinski definition) is 5. The molecule has 0 spiro atoms. The van der Waals surface area contributed by atoms with Crippen LogP contribution < -0.4 is 10.1 Å². The van der Waals surface area contributed by atoms with Crippen molar-refractivity contribution < 1.29 is 9.84 Å². The van der Waals surface area contributed by atoms with E-state index in [-0.39, 0.29) is 0 Å². The number of fused-ring (bicyclic) bond motifs is 1. The van der Waals surface area contributed by atoms with E-state index < -0.39 is 6.10 Å². The molecular weight excluding hydrogens is 280 g/mol. The van der Waals surface area contributed by atoms with E-state index in [9.17, 15) is 5.11 Å². The number of aliphatic hydroxyl groups excluding tert-OH is 1. The Labute approximate surface area is 130 Å². The van der Waals surface area contributed by atoms with Crippen molar-refractivity contribution in [1.82, 2.24) is 20.1 Å². The van der Waals surface area contributed by atoms with Gasteiger partial charge in [-0.15, -0.1) is 0 Å². The molecule has 2 N–H and O–H groups in total. The van der Waals surface area contributed by atoms with Crippen molar-refractivity contribution in [2.45, 2.75) is 38.5 Å². The molecule has 0 bridgehead atoms. The van der Waals surface area contributed by atoms with Gasteiger partial charge in [-0.1, -0.05) is 11.6 Å². The third-order valence-electron chi connectivity index (χ3n) is 4.15. The van der Waals surface area contributed by atoms with Crippen molar-refractivity contribution in [2.24, 2.45) is 0 Å². The minimum absolute atomic E-state index is 0.305. The van der Waals surface area contributed by atoms with Gasteiger partial charge in [0.2, 0.25) is 0 Å². The van der Waals surface area contributed by atoms with Crippen LogP contribution in [0.25, 0.3) is 0 Å². The summed E-state index contributed by atoms with van der Waals surface area (Å²) >= 11 is 0. The first kappa shape index (κ1) is 15.0. The molecule has 2 heterocycles. The first-order valence-electron chi connectivity index (χ1n) is 7.60. The summed E-state index contributed by atoms with van der Waals surface area (Å²) in [4.78, 5) is 4.22. The van der Waals surface area contributed by atoms with Crippen molar-refractivity contribution in [3.8, 4) is 5.75 Å². The fourth-order valence-corrected chi connectivity index (χ4v) is 2.91. The second kappa shape index (κ2) is 6.46. The predicted octanol–water partition coefficient (Wildman–Crippen LogP) is 1.23. The lowest BCUT2D eigenvalue weighted by molar-refractivity contribution is 0.161. The molecular formula is C16H22N4O2. The maximum atomic E-state index is 10.5. The second-order valence-corrected chi connectivity index (χ2v) is 5.76. The summed E-state index contributed by atoms with van der Waals surface area (Å²) in [6.07, 6.45) is 2.94. The average molecular weight is 302 g/mol. The topological polar surface area (TPSA) is 72.2 Å². The summed E-state index contributed by atoms with van der Waals surface area (Å²) in [7, 11) is 1.63. The summed E-state index contributed by atoms with van der Waals surface area (Å²) in [5.74, 6) is 1.76. The first-order chi connectivity index (χ1) is 10.7. The average Bonchev–Trinajstić information content (AvgIpc) is 3.00. The highest BCUT2D eigenvalue weighted by Gasteiger charge is 2.21. The molecule has 2 atom stereocenters. The van der Waals surface area contributed by atoms with Crippen LogP contribution in [0.2, 0.25) is 0 Å². The van der Waals surface area contributed by atoms with Crippen LogP contribution in [0.1, 0.15) is 29.5 Å². The van der Waals surface area contributed by atoms with Crippen LogP contribution in [-0.2, 0) is 13.0 Å². The zero-order valence-corrected chi connectivity index (χ0v) is 13.0. The van der Waals surface area contributed by atoms with E-state index in [1.807, 2.05) is 29.8 Å². The first-order valence-corrected chi connectivity index (χ1v) is 7.60.